The second kappa shape index (κ2) is 14.5. The van der Waals surface area contributed by atoms with Gasteiger partial charge < -0.3 is 35.1 Å². The molecule has 0 saturated carbocycles. The molecule has 0 saturated heterocycles. The van der Waals surface area contributed by atoms with Crippen molar-refractivity contribution in [2.45, 2.75) is 12.8 Å². The van der Waals surface area contributed by atoms with Gasteiger partial charge in [0.15, 0.2) is 0 Å². The molecular weight excluding hydrogens is 288 g/mol. The van der Waals surface area contributed by atoms with Gasteiger partial charge >= 0.3 is 11.9 Å². The van der Waals surface area contributed by atoms with E-state index in [1.165, 1.54) is 0 Å². The number of aliphatic hydroxyl groups excluding tert-OH is 4. The Morgan fingerprint density at radius 3 is 1.48 bits per heavy atom. The average Bonchev–Trinajstić information content (AvgIpc) is 2.91. The summed E-state index contributed by atoms with van der Waals surface area (Å²) in [5.41, 5.74) is -0.336. The highest BCUT2D eigenvalue weighted by molar-refractivity contribution is 5.99. The number of aromatic carboxylic acids is 2. The van der Waals surface area contributed by atoms with Crippen molar-refractivity contribution in [3.05, 3.63) is 23.7 Å². The lowest BCUT2D eigenvalue weighted by Gasteiger charge is -1.88. The SMILES string of the molecule is O=C(O)c1ccoc1C(=O)O.OCCCO.OCCCO. The van der Waals surface area contributed by atoms with Crippen LogP contribution in [0.15, 0.2) is 16.7 Å². The molecule has 1 heterocycles. The summed E-state index contributed by atoms with van der Waals surface area (Å²) in [7, 11) is 0. The van der Waals surface area contributed by atoms with Crippen molar-refractivity contribution in [3.8, 4) is 0 Å². The molecule has 0 aliphatic heterocycles. The molecule has 0 aliphatic carbocycles. The molecule has 0 spiro atoms. The van der Waals surface area contributed by atoms with Crippen LogP contribution < -0.4 is 0 Å². The number of rotatable bonds is 6. The number of hydrogen-bond acceptors (Lipinski definition) is 7. The Morgan fingerprint density at radius 2 is 1.29 bits per heavy atom. The summed E-state index contributed by atoms with van der Waals surface area (Å²) in [6.45, 7) is 0.375. The van der Waals surface area contributed by atoms with Crippen molar-refractivity contribution < 1.29 is 44.6 Å². The molecule has 1 aromatic heterocycles. The smallest absolute Gasteiger partial charge is 0.372 e. The minimum Gasteiger partial charge on any atom is -0.478 e. The van der Waals surface area contributed by atoms with Gasteiger partial charge in [-0.25, -0.2) is 9.59 Å². The van der Waals surface area contributed by atoms with Crippen LogP contribution in [0.1, 0.15) is 33.8 Å². The Labute approximate surface area is 120 Å². The fraction of sp³-hybridized carbons (Fsp3) is 0.500. The van der Waals surface area contributed by atoms with E-state index in [9.17, 15) is 9.59 Å². The lowest BCUT2D eigenvalue weighted by Crippen LogP contribution is -2.03. The topological polar surface area (TPSA) is 169 Å². The minimum atomic E-state index is -1.38. The molecule has 6 N–H and O–H groups in total. The van der Waals surface area contributed by atoms with Crippen LogP contribution in [0.25, 0.3) is 0 Å². The summed E-state index contributed by atoms with van der Waals surface area (Å²) < 4.78 is 4.41. The van der Waals surface area contributed by atoms with Crippen molar-refractivity contribution in [1.29, 1.82) is 0 Å². The van der Waals surface area contributed by atoms with E-state index in [0.29, 0.717) is 12.8 Å². The van der Waals surface area contributed by atoms with Crippen molar-refractivity contribution in [2.75, 3.05) is 26.4 Å². The van der Waals surface area contributed by atoms with Crippen LogP contribution in [-0.2, 0) is 0 Å². The molecule has 0 amide bonds. The Balaban J connectivity index is 0. The highest BCUT2D eigenvalue weighted by Crippen LogP contribution is 2.09. The molecule has 21 heavy (non-hydrogen) atoms. The normalized spacial score (nSPS) is 8.95. The number of furan rings is 1. The highest BCUT2D eigenvalue weighted by atomic mass is 16.4. The summed E-state index contributed by atoms with van der Waals surface area (Å²) in [6, 6.07) is 1.09. The largest absolute Gasteiger partial charge is 0.478 e. The monoisotopic (exact) mass is 308 g/mol. The second-order valence-corrected chi connectivity index (χ2v) is 3.38. The van der Waals surface area contributed by atoms with Crippen molar-refractivity contribution in [3.63, 3.8) is 0 Å². The fourth-order valence-electron chi connectivity index (χ4n) is 0.785. The molecule has 0 atom stereocenters. The Hall–Kier alpha value is -1.94. The van der Waals surface area contributed by atoms with Crippen LogP contribution in [0.3, 0.4) is 0 Å². The predicted octanol–water partition coefficient (Wildman–Crippen LogP) is -0.602. The molecule has 9 heteroatoms. The van der Waals surface area contributed by atoms with E-state index >= 15 is 0 Å². The summed E-state index contributed by atoms with van der Waals surface area (Å²) >= 11 is 0. The number of hydrogen-bond donors (Lipinski definition) is 6. The van der Waals surface area contributed by atoms with E-state index in [1.54, 1.807) is 0 Å². The van der Waals surface area contributed by atoms with Gasteiger partial charge in [0.25, 0.3) is 0 Å². The average molecular weight is 308 g/mol. The number of carboxylic acids is 2. The van der Waals surface area contributed by atoms with E-state index in [0.717, 1.165) is 12.3 Å². The standard InChI is InChI=1S/C6H4O5.2C3H8O2/c7-5(8)3-1-2-11-4(3)6(9)10;2*4-2-1-3-5/h1-2H,(H,7,8)(H,9,10);2*4-5H,1-3H2. The minimum absolute atomic E-state index is 0.0938. The Morgan fingerprint density at radius 1 is 0.857 bits per heavy atom. The lowest BCUT2D eigenvalue weighted by atomic mass is 10.2. The summed E-state index contributed by atoms with van der Waals surface area (Å²) in [6.07, 6.45) is 2.02. The second-order valence-electron chi connectivity index (χ2n) is 3.38. The molecule has 122 valence electrons. The highest BCUT2D eigenvalue weighted by Gasteiger charge is 2.18. The maximum atomic E-state index is 10.3. The third-order valence-electron chi connectivity index (χ3n) is 1.72. The van der Waals surface area contributed by atoms with Gasteiger partial charge in [-0.2, -0.15) is 0 Å². The molecule has 1 rings (SSSR count). The maximum Gasteiger partial charge on any atom is 0.372 e. The van der Waals surface area contributed by atoms with Crippen molar-refractivity contribution in [1.82, 2.24) is 0 Å². The van der Waals surface area contributed by atoms with Gasteiger partial charge in [-0.3, -0.25) is 0 Å². The van der Waals surface area contributed by atoms with Gasteiger partial charge in [-0.15, -0.1) is 0 Å². The Bertz CT molecular complexity index is 347. The Kier molecular flexibility index (Phi) is 14.7. The molecule has 9 nitrogen and oxygen atoms in total. The van der Waals surface area contributed by atoms with E-state index in [4.69, 9.17) is 30.6 Å². The molecule has 0 aromatic carbocycles. The number of carbonyl (C=O) groups is 2. The predicted molar refractivity (Wildman–Crippen MR) is 70.2 cm³/mol. The van der Waals surface area contributed by atoms with Gasteiger partial charge in [0, 0.05) is 26.4 Å². The third kappa shape index (κ3) is 11.6. The van der Waals surface area contributed by atoms with Gasteiger partial charge in [0.05, 0.1) is 6.26 Å². The van der Waals surface area contributed by atoms with Gasteiger partial charge in [-0.05, 0) is 18.9 Å². The lowest BCUT2D eigenvalue weighted by molar-refractivity contribution is 0.0626. The van der Waals surface area contributed by atoms with E-state index in [-0.39, 0.29) is 32.0 Å². The van der Waals surface area contributed by atoms with Crippen LogP contribution in [0, 0.1) is 0 Å². The number of aliphatic hydroxyl groups is 4. The first-order valence-corrected chi connectivity index (χ1v) is 5.93. The molecule has 0 radical (unpaired) electrons. The van der Waals surface area contributed by atoms with Gasteiger partial charge in [-0.1, -0.05) is 0 Å². The molecule has 1 aromatic rings. The van der Waals surface area contributed by atoms with Gasteiger partial charge in [0.1, 0.15) is 5.56 Å². The van der Waals surface area contributed by atoms with E-state index in [2.05, 4.69) is 4.42 Å². The molecule has 0 aliphatic rings. The van der Waals surface area contributed by atoms with Crippen LogP contribution in [0.5, 0.6) is 0 Å². The van der Waals surface area contributed by atoms with Crippen LogP contribution in [0.4, 0.5) is 0 Å². The summed E-state index contributed by atoms with van der Waals surface area (Å²) in [5.74, 6) is -3.24. The quantitative estimate of drug-likeness (QED) is 0.401. The van der Waals surface area contributed by atoms with E-state index < -0.39 is 17.7 Å². The van der Waals surface area contributed by atoms with Crippen LogP contribution in [-0.4, -0.2) is 69.0 Å². The van der Waals surface area contributed by atoms with Crippen LogP contribution >= 0.6 is 0 Å². The van der Waals surface area contributed by atoms with Crippen molar-refractivity contribution in [2.24, 2.45) is 0 Å². The summed E-state index contributed by atoms with van der Waals surface area (Å²) in [5, 5.41) is 48.4. The zero-order valence-corrected chi connectivity index (χ0v) is 11.3. The van der Waals surface area contributed by atoms with E-state index in [1.807, 2.05) is 0 Å². The molecular formula is C12H20O9. The molecule has 0 fully saturated rings. The number of carboxylic acid groups (broad SMARTS) is 2. The first-order chi connectivity index (χ1) is 9.95. The van der Waals surface area contributed by atoms with Gasteiger partial charge in [0.2, 0.25) is 5.76 Å². The zero-order chi connectivity index (χ0) is 16.7. The maximum absolute atomic E-state index is 10.3. The molecule has 0 bridgehead atoms. The third-order valence-corrected chi connectivity index (χ3v) is 1.72. The molecule has 0 unspecified atom stereocenters. The van der Waals surface area contributed by atoms with Crippen molar-refractivity contribution >= 4 is 11.9 Å². The fourth-order valence-corrected chi connectivity index (χ4v) is 0.785. The van der Waals surface area contributed by atoms with Crippen LogP contribution in [0.2, 0.25) is 0 Å². The first kappa shape index (κ1) is 21.4. The zero-order valence-electron chi connectivity index (χ0n) is 11.3. The summed E-state index contributed by atoms with van der Waals surface area (Å²) in [4.78, 5) is 20.5. The first-order valence-electron chi connectivity index (χ1n) is 5.93.